The molecule has 5 heteroatoms. The molecule has 0 bridgehead atoms. The van der Waals surface area contributed by atoms with Crippen molar-refractivity contribution in [1.82, 2.24) is 0 Å². The summed E-state index contributed by atoms with van der Waals surface area (Å²) in [6, 6.07) is 6.57. The summed E-state index contributed by atoms with van der Waals surface area (Å²) < 4.78 is 12.7. The third-order valence-electron chi connectivity index (χ3n) is 2.26. The maximum Gasteiger partial charge on any atom is 0.123 e. The van der Waals surface area contributed by atoms with Gasteiger partial charge in [0.1, 0.15) is 12.4 Å². The van der Waals surface area contributed by atoms with Crippen LogP contribution in [0.5, 0.6) is 0 Å². The Morgan fingerprint density at radius 1 is 1.00 bits per heavy atom. The van der Waals surface area contributed by atoms with E-state index in [0.29, 0.717) is 11.8 Å². The SMILES string of the molecule is Fc1ccc(C[NH+](CCCl)CCCl)cc1.[Cl-]. The Labute approximate surface area is 112 Å². The smallest absolute Gasteiger partial charge is 0.123 e. The summed E-state index contributed by atoms with van der Waals surface area (Å²) in [7, 11) is 0. The van der Waals surface area contributed by atoms with E-state index < -0.39 is 0 Å². The zero-order chi connectivity index (χ0) is 11.1. The monoisotopic (exact) mass is 285 g/mol. The Bertz CT molecular complexity index is 273. The van der Waals surface area contributed by atoms with Crippen LogP contribution in [-0.4, -0.2) is 24.8 Å². The molecule has 0 aliphatic rings. The average Bonchev–Trinajstić information content (AvgIpc) is 2.22. The van der Waals surface area contributed by atoms with Crippen LogP contribution in [0.2, 0.25) is 0 Å². The largest absolute Gasteiger partial charge is 1.00 e. The van der Waals surface area contributed by atoms with Gasteiger partial charge in [-0.1, -0.05) is 12.1 Å². The molecule has 0 saturated heterocycles. The molecule has 0 aromatic heterocycles. The average molecular weight is 287 g/mol. The highest BCUT2D eigenvalue weighted by Crippen LogP contribution is 2.00. The fourth-order valence-corrected chi connectivity index (χ4v) is 1.99. The fraction of sp³-hybridized carbons (Fsp3) is 0.455. The molecular weight excluding hydrogens is 271 g/mol. The third-order valence-corrected chi connectivity index (χ3v) is 2.64. The Morgan fingerprint density at radius 3 is 1.94 bits per heavy atom. The van der Waals surface area contributed by atoms with Gasteiger partial charge in [-0.25, -0.2) is 4.39 Å². The van der Waals surface area contributed by atoms with Crippen LogP contribution in [0.15, 0.2) is 24.3 Å². The van der Waals surface area contributed by atoms with Crippen molar-refractivity contribution in [3.05, 3.63) is 35.6 Å². The minimum atomic E-state index is -0.199. The molecule has 0 fully saturated rings. The third kappa shape index (κ3) is 5.90. The van der Waals surface area contributed by atoms with Gasteiger partial charge in [0.25, 0.3) is 0 Å². The number of halogens is 4. The molecule has 1 aromatic rings. The van der Waals surface area contributed by atoms with Crippen LogP contribution in [-0.2, 0) is 6.54 Å². The fourth-order valence-electron chi connectivity index (χ4n) is 1.46. The number of nitrogens with one attached hydrogen (secondary N) is 1. The summed E-state index contributed by atoms with van der Waals surface area (Å²) >= 11 is 11.4. The lowest BCUT2D eigenvalue weighted by Crippen LogP contribution is -3.11. The van der Waals surface area contributed by atoms with Gasteiger partial charge in [0.15, 0.2) is 0 Å². The number of rotatable bonds is 6. The van der Waals surface area contributed by atoms with Gasteiger partial charge in [-0.15, -0.1) is 23.2 Å². The van der Waals surface area contributed by atoms with E-state index in [1.165, 1.54) is 17.0 Å². The summed E-state index contributed by atoms with van der Waals surface area (Å²) in [4.78, 5) is 1.33. The minimum Gasteiger partial charge on any atom is -1.00 e. The van der Waals surface area contributed by atoms with Gasteiger partial charge in [-0.05, 0) is 12.1 Å². The maximum absolute atomic E-state index is 12.7. The van der Waals surface area contributed by atoms with Crippen LogP contribution in [0.4, 0.5) is 4.39 Å². The quantitative estimate of drug-likeness (QED) is 0.620. The minimum absolute atomic E-state index is 0. The molecule has 0 saturated carbocycles. The van der Waals surface area contributed by atoms with Crippen LogP contribution < -0.4 is 17.3 Å². The molecule has 0 aliphatic carbocycles. The molecule has 0 aliphatic heterocycles. The van der Waals surface area contributed by atoms with Crippen molar-refractivity contribution in [3.63, 3.8) is 0 Å². The number of hydrogen-bond acceptors (Lipinski definition) is 0. The molecule has 0 radical (unpaired) electrons. The first-order valence-electron chi connectivity index (χ1n) is 4.96. The summed E-state index contributed by atoms with van der Waals surface area (Å²) in [6.07, 6.45) is 0. The van der Waals surface area contributed by atoms with Crippen molar-refractivity contribution in [2.24, 2.45) is 0 Å². The van der Waals surface area contributed by atoms with E-state index >= 15 is 0 Å². The molecule has 0 atom stereocenters. The number of benzene rings is 1. The number of quaternary nitrogens is 1. The summed E-state index contributed by atoms with van der Waals surface area (Å²) in [5.74, 6) is 1.04. The van der Waals surface area contributed by atoms with Crippen molar-refractivity contribution in [2.75, 3.05) is 24.8 Å². The highest BCUT2D eigenvalue weighted by molar-refractivity contribution is 6.18. The molecule has 0 amide bonds. The second-order valence-electron chi connectivity index (χ2n) is 3.43. The van der Waals surface area contributed by atoms with Gasteiger partial charge in [0, 0.05) is 5.56 Å². The summed E-state index contributed by atoms with van der Waals surface area (Å²) in [6.45, 7) is 2.61. The standard InChI is InChI=1S/C11H14Cl2FN.ClH/c12-5-7-15(8-6-13)9-10-1-3-11(14)4-2-10;/h1-4H,5-9H2;1H. The zero-order valence-electron chi connectivity index (χ0n) is 8.86. The molecule has 1 rings (SSSR count). The molecule has 0 unspecified atom stereocenters. The van der Waals surface area contributed by atoms with E-state index in [9.17, 15) is 4.39 Å². The first-order chi connectivity index (χ1) is 7.26. The molecule has 0 spiro atoms. The molecule has 0 heterocycles. The molecule has 1 aromatic carbocycles. The lowest BCUT2D eigenvalue weighted by molar-refractivity contribution is -0.909. The Hall–Kier alpha value is -0.0200. The Kier molecular flexibility index (Phi) is 9.04. The van der Waals surface area contributed by atoms with Gasteiger partial charge in [-0.3, -0.25) is 0 Å². The van der Waals surface area contributed by atoms with E-state index in [4.69, 9.17) is 23.2 Å². The number of hydrogen-bond donors (Lipinski definition) is 1. The van der Waals surface area contributed by atoms with Gasteiger partial charge in [-0.2, -0.15) is 0 Å². The molecule has 16 heavy (non-hydrogen) atoms. The first kappa shape index (κ1) is 16.0. The topological polar surface area (TPSA) is 4.44 Å². The lowest BCUT2D eigenvalue weighted by Gasteiger charge is -2.17. The second kappa shape index (κ2) is 9.06. The van der Waals surface area contributed by atoms with Crippen LogP contribution in [0.3, 0.4) is 0 Å². The van der Waals surface area contributed by atoms with Gasteiger partial charge < -0.3 is 17.3 Å². The maximum atomic E-state index is 12.7. The first-order valence-corrected chi connectivity index (χ1v) is 6.03. The Morgan fingerprint density at radius 2 is 1.50 bits per heavy atom. The van der Waals surface area contributed by atoms with Crippen molar-refractivity contribution >= 4 is 23.2 Å². The molecule has 1 N–H and O–H groups in total. The summed E-state index contributed by atoms with van der Waals surface area (Å²) in [5, 5.41) is 0. The van der Waals surface area contributed by atoms with Gasteiger partial charge in [0.05, 0.1) is 24.8 Å². The van der Waals surface area contributed by atoms with Crippen molar-refractivity contribution in [2.45, 2.75) is 6.54 Å². The van der Waals surface area contributed by atoms with Gasteiger partial charge in [0.2, 0.25) is 0 Å². The van der Waals surface area contributed by atoms with Crippen molar-refractivity contribution in [3.8, 4) is 0 Å². The second-order valence-corrected chi connectivity index (χ2v) is 4.19. The van der Waals surface area contributed by atoms with E-state index in [1.807, 2.05) is 0 Å². The van der Waals surface area contributed by atoms with Gasteiger partial charge >= 0.3 is 0 Å². The Balaban J connectivity index is 0.00000225. The highest BCUT2D eigenvalue weighted by Gasteiger charge is 2.07. The van der Waals surface area contributed by atoms with Crippen molar-refractivity contribution in [1.29, 1.82) is 0 Å². The van der Waals surface area contributed by atoms with Crippen LogP contribution in [0.1, 0.15) is 5.56 Å². The highest BCUT2D eigenvalue weighted by atomic mass is 35.5. The van der Waals surface area contributed by atoms with E-state index in [1.54, 1.807) is 12.1 Å². The molecular formula is C11H15Cl3FN. The van der Waals surface area contributed by atoms with Crippen molar-refractivity contribution < 1.29 is 21.7 Å². The van der Waals surface area contributed by atoms with Crippen LogP contribution >= 0.6 is 23.2 Å². The van der Waals surface area contributed by atoms with E-state index in [2.05, 4.69) is 0 Å². The predicted octanol–water partition coefficient (Wildman–Crippen LogP) is -1.31. The molecule has 1 nitrogen and oxygen atoms in total. The zero-order valence-corrected chi connectivity index (χ0v) is 11.1. The number of alkyl halides is 2. The normalized spacial score (nSPS) is 10.2. The lowest BCUT2D eigenvalue weighted by atomic mass is 10.2. The van der Waals surface area contributed by atoms with Crippen LogP contribution in [0.25, 0.3) is 0 Å². The van der Waals surface area contributed by atoms with E-state index in [-0.39, 0.29) is 18.2 Å². The molecule has 92 valence electrons. The predicted molar refractivity (Wildman–Crippen MR) is 62.2 cm³/mol. The van der Waals surface area contributed by atoms with Crippen LogP contribution in [0, 0.1) is 5.82 Å². The summed E-state index contributed by atoms with van der Waals surface area (Å²) in [5.41, 5.74) is 1.11. The van der Waals surface area contributed by atoms with E-state index in [0.717, 1.165) is 25.2 Å².